The average molecular weight is 391 g/mol. The first-order chi connectivity index (χ1) is 12.2. The number of carbonyl (C=O) groups is 4. The van der Waals surface area contributed by atoms with E-state index >= 15 is 0 Å². The van der Waals surface area contributed by atoms with Gasteiger partial charge >= 0.3 is 5.97 Å². The summed E-state index contributed by atoms with van der Waals surface area (Å²) in [7, 11) is 0. The van der Waals surface area contributed by atoms with Crippen LogP contribution < -0.4 is 27.8 Å². The van der Waals surface area contributed by atoms with Gasteiger partial charge in [-0.3, -0.25) is 14.4 Å². The number of nitrogens with one attached hydrogen (secondary N) is 2. The Morgan fingerprint density at radius 2 is 1.65 bits per heavy atom. The molecule has 9 N–H and O–H groups in total. The molecule has 0 spiro atoms. The molecule has 11 heteroatoms. The van der Waals surface area contributed by atoms with Crippen molar-refractivity contribution < 1.29 is 24.3 Å². The van der Waals surface area contributed by atoms with Crippen molar-refractivity contribution in [1.82, 2.24) is 10.6 Å². The SMILES string of the molecule is CSCCC(NC(=O)C(N)CC(N)=O)C(=O)NC(CCCCN)C(=O)O. The number of hydrogen-bond donors (Lipinski definition) is 6. The van der Waals surface area contributed by atoms with E-state index in [0.29, 0.717) is 25.1 Å². The fourth-order valence-electron chi connectivity index (χ4n) is 2.12. The maximum Gasteiger partial charge on any atom is 0.326 e. The van der Waals surface area contributed by atoms with Gasteiger partial charge in [0.25, 0.3) is 0 Å². The molecule has 10 nitrogen and oxygen atoms in total. The van der Waals surface area contributed by atoms with E-state index in [4.69, 9.17) is 17.2 Å². The molecule has 0 aliphatic carbocycles. The molecule has 0 aliphatic heterocycles. The van der Waals surface area contributed by atoms with Crippen LogP contribution in [0.2, 0.25) is 0 Å². The molecule has 0 aromatic rings. The molecule has 0 aromatic heterocycles. The van der Waals surface area contributed by atoms with Gasteiger partial charge in [-0.2, -0.15) is 11.8 Å². The maximum atomic E-state index is 12.4. The Kier molecular flexibility index (Phi) is 12.4. The van der Waals surface area contributed by atoms with Crippen LogP contribution >= 0.6 is 11.8 Å². The lowest BCUT2D eigenvalue weighted by Gasteiger charge is -2.22. The van der Waals surface area contributed by atoms with Gasteiger partial charge < -0.3 is 32.9 Å². The summed E-state index contributed by atoms with van der Waals surface area (Å²) in [6.07, 6.45) is 3.22. The number of carboxylic acid groups (broad SMARTS) is 1. The molecule has 0 heterocycles. The van der Waals surface area contributed by atoms with E-state index in [1.165, 1.54) is 11.8 Å². The minimum atomic E-state index is -1.17. The second-order valence-corrected chi connectivity index (χ2v) is 6.79. The van der Waals surface area contributed by atoms with Crippen LogP contribution in [0.1, 0.15) is 32.1 Å². The molecule has 0 radical (unpaired) electrons. The number of unbranched alkanes of at least 4 members (excludes halogenated alkanes) is 1. The number of primary amides is 1. The number of aliphatic carboxylic acids is 1. The number of carbonyl (C=O) groups excluding carboxylic acids is 3. The second-order valence-electron chi connectivity index (χ2n) is 5.80. The maximum absolute atomic E-state index is 12.4. The quantitative estimate of drug-likeness (QED) is 0.185. The highest BCUT2D eigenvalue weighted by Crippen LogP contribution is 2.05. The molecule has 0 aliphatic rings. The van der Waals surface area contributed by atoms with E-state index in [0.717, 1.165) is 0 Å². The summed E-state index contributed by atoms with van der Waals surface area (Å²) in [6, 6.07) is -3.19. The molecule has 3 amide bonds. The van der Waals surface area contributed by atoms with Crippen LogP contribution in [0.3, 0.4) is 0 Å². The highest BCUT2D eigenvalue weighted by molar-refractivity contribution is 7.98. The van der Waals surface area contributed by atoms with Gasteiger partial charge in [-0.05, 0) is 44.2 Å². The third kappa shape index (κ3) is 10.2. The molecule has 0 saturated heterocycles. The summed E-state index contributed by atoms with van der Waals surface area (Å²) < 4.78 is 0. The van der Waals surface area contributed by atoms with Gasteiger partial charge in [0.15, 0.2) is 0 Å². The summed E-state index contributed by atoms with van der Waals surface area (Å²) in [5, 5.41) is 14.1. The lowest BCUT2D eigenvalue weighted by molar-refractivity contribution is -0.142. The van der Waals surface area contributed by atoms with Crippen LogP contribution in [-0.2, 0) is 19.2 Å². The van der Waals surface area contributed by atoms with Gasteiger partial charge in [0.1, 0.15) is 12.1 Å². The zero-order valence-electron chi connectivity index (χ0n) is 14.9. The largest absolute Gasteiger partial charge is 0.480 e. The van der Waals surface area contributed by atoms with Gasteiger partial charge in [0.2, 0.25) is 17.7 Å². The van der Waals surface area contributed by atoms with Crippen LogP contribution in [0.25, 0.3) is 0 Å². The molecule has 0 saturated carbocycles. The van der Waals surface area contributed by atoms with E-state index < -0.39 is 41.8 Å². The van der Waals surface area contributed by atoms with Gasteiger partial charge in [-0.25, -0.2) is 4.79 Å². The number of carboxylic acids is 1. The summed E-state index contributed by atoms with van der Waals surface area (Å²) in [6.45, 7) is 0.435. The molecule has 0 fully saturated rings. The van der Waals surface area contributed by atoms with E-state index in [2.05, 4.69) is 10.6 Å². The monoisotopic (exact) mass is 391 g/mol. The highest BCUT2D eigenvalue weighted by Gasteiger charge is 2.27. The van der Waals surface area contributed by atoms with Gasteiger partial charge in [-0.15, -0.1) is 0 Å². The highest BCUT2D eigenvalue weighted by atomic mass is 32.2. The predicted molar refractivity (Wildman–Crippen MR) is 99.2 cm³/mol. The van der Waals surface area contributed by atoms with Crippen molar-refractivity contribution in [2.75, 3.05) is 18.6 Å². The molecule has 0 rings (SSSR count). The van der Waals surface area contributed by atoms with Crippen LogP contribution in [-0.4, -0.2) is 65.5 Å². The van der Waals surface area contributed by atoms with E-state index in [9.17, 15) is 24.3 Å². The Hall–Kier alpha value is -1.85. The van der Waals surface area contributed by atoms with Crippen molar-refractivity contribution in [3.05, 3.63) is 0 Å². The Morgan fingerprint density at radius 3 is 2.15 bits per heavy atom. The van der Waals surface area contributed by atoms with Crippen molar-refractivity contribution in [2.45, 2.75) is 50.2 Å². The molecular formula is C15H29N5O5S. The van der Waals surface area contributed by atoms with Crippen molar-refractivity contribution in [3.63, 3.8) is 0 Å². The average Bonchev–Trinajstić information content (AvgIpc) is 2.56. The zero-order chi connectivity index (χ0) is 20.1. The standard InChI is InChI=1S/C15H29N5O5S/c1-26-7-5-10(19-13(22)9(17)8-12(18)21)14(23)20-11(15(24)25)4-2-3-6-16/h9-11H,2-8,16-17H2,1H3,(H2,18,21)(H,19,22)(H,20,23)(H,24,25). The van der Waals surface area contributed by atoms with Crippen molar-refractivity contribution in [3.8, 4) is 0 Å². The first-order valence-corrected chi connectivity index (χ1v) is 9.68. The first kappa shape index (κ1) is 24.1. The topological polar surface area (TPSA) is 191 Å². The van der Waals surface area contributed by atoms with Crippen molar-refractivity contribution in [2.24, 2.45) is 17.2 Å². The Labute approximate surface area is 157 Å². The summed E-state index contributed by atoms with van der Waals surface area (Å²) in [4.78, 5) is 46.6. The second kappa shape index (κ2) is 13.4. The van der Waals surface area contributed by atoms with Crippen LogP contribution in [0, 0.1) is 0 Å². The molecule has 0 aromatic carbocycles. The third-order valence-corrected chi connectivity index (χ3v) is 4.21. The smallest absolute Gasteiger partial charge is 0.326 e. The zero-order valence-corrected chi connectivity index (χ0v) is 15.7. The summed E-state index contributed by atoms with van der Waals surface area (Å²) in [5.41, 5.74) is 16.0. The van der Waals surface area contributed by atoms with Crippen LogP contribution in [0.4, 0.5) is 0 Å². The third-order valence-electron chi connectivity index (χ3n) is 3.56. The van der Waals surface area contributed by atoms with Gasteiger partial charge in [-0.1, -0.05) is 0 Å². The molecule has 26 heavy (non-hydrogen) atoms. The molecule has 0 bridgehead atoms. The summed E-state index contributed by atoms with van der Waals surface area (Å²) in [5.74, 6) is -2.63. The Bertz CT molecular complexity index is 491. The lowest BCUT2D eigenvalue weighted by atomic mass is 10.1. The van der Waals surface area contributed by atoms with Gasteiger partial charge in [0, 0.05) is 0 Å². The fourth-order valence-corrected chi connectivity index (χ4v) is 2.59. The molecule has 3 unspecified atom stereocenters. The van der Waals surface area contributed by atoms with Gasteiger partial charge in [0.05, 0.1) is 12.5 Å². The number of thioether (sulfide) groups is 1. The Morgan fingerprint density at radius 1 is 1.04 bits per heavy atom. The van der Waals surface area contributed by atoms with Crippen LogP contribution in [0.5, 0.6) is 0 Å². The lowest BCUT2D eigenvalue weighted by Crippen LogP contribution is -2.55. The fraction of sp³-hybridized carbons (Fsp3) is 0.733. The number of amides is 3. The molecule has 150 valence electrons. The van der Waals surface area contributed by atoms with Crippen molar-refractivity contribution >= 4 is 35.5 Å². The van der Waals surface area contributed by atoms with Crippen LogP contribution in [0.15, 0.2) is 0 Å². The van der Waals surface area contributed by atoms with E-state index in [1.807, 2.05) is 6.26 Å². The summed E-state index contributed by atoms with van der Waals surface area (Å²) >= 11 is 1.47. The number of nitrogens with two attached hydrogens (primary N) is 3. The van der Waals surface area contributed by atoms with Crippen molar-refractivity contribution in [1.29, 1.82) is 0 Å². The number of rotatable bonds is 14. The molecular weight excluding hydrogens is 362 g/mol. The normalized spacial score (nSPS) is 14.1. The minimum absolute atomic E-state index is 0.239. The minimum Gasteiger partial charge on any atom is -0.480 e. The van der Waals surface area contributed by atoms with E-state index in [-0.39, 0.29) is 19.3 Å². The Balaban J connectivity index is 4.90. The van der Waals surface area contributed by atoms with E-state index in [1.54, 1.807) is 0 Å². The number of hydrogen-bond acceptors (Lipinski definition) is 7. The molecule has 3 atom stereocenters. The predicted octanol–water partition coefficient (Wildman–Crippen LogP) is -1.87. The first-order valence-electron chi connectivity index (χ1n) is 8.29.